The van der Waals surface area contributed by atoms with Gasteiger partial charge in [0.05, 0.1) is 15.5 Å². The molecule has 1 aromatic carbocycles. The third kappa shape index (κ3) is 4.66. The average molecular weight is 429 g/mol. The second-order valence-corrected chi connectivity index (χ2v) is 5.89. The zero-order valence-corrected chi connectivity index (χ0v) is 14.8. The molecule has 2 heterocycles. The fourth-order valence-electron chi connectivity index (χ4n) is 2.20. The molecule has 0 bridgehead atoms. The SMILES string of the molecule is O=[N+]([O-])c1c(Nc2ccc(F)cc2)ncnc1Nc1ncc(C(F)(F)F)cc1Cl. The third-order valence-corrected chi connectivity index (χ3v) is 3.81. The maximum atomic E-state index is 13.0. The van der Waals surface area contributed by atoms with E-state index in [9.17, 15) is 27.7 Å². The van der Waals surface area contributed by atoms with E-state index in [1.807, 2.05) is 0 Å². The Kier molecular flexibility index (Phi) is 5.46. The first-order valence-corrected chi connectivity index (χ1v) is 8.04. The molecule has 0 aliphatic heterocycles. The van der Waals surface area contributed by atoms with Gasteiger partial charge in [0, 0.05) is 11.9 Å². The molecule has 3 rings (SSSR count). The number of benzene rings is 1. The topological polar surface area (TPSA) is 106 Å². The van der Waals surface area contributed by atoms with Crippen LogP contribution in [0.5, 0.6) is 0 Å². The molecule has 8 nitrogen and oxygen atoms in total. The Morgan fingerprint density at radius 2 is 1.62 bits per heavy atom. The smallest absolute Gasteiger partial charge is 0.334 e. The first kappa shape index (κ1) is 20.2. The monoisotopic (exact) mass is 428 g/mol. The van der Waals surface area contributed by atoms with E-state index in [1.54, 1.807) is 0 Å². The molecule has 0 spiro atoms. The molecule has 3 aromatic rings. The Labute approximate surface area is 164 Å². The zero-order chi connectivity index (χ0) is 21.2. The molecule has 0 aliphatic carbocycles. The minimum absolute atomic E-state index is 0.234. The Balaban J connectivity index is 1.96. The number of nitrogens with zero attached hydrogens (tertiary/aromatic N) is 4. The molecule has 0 saturated carbocycles. The van der Waals surface area contributed by atoms with Gasteiger partial charge in [-0.25, -0.2) is 19.3 Å². The normalized spacial score (nSPS) is 11.2. The highest BCUT2D eigenvalue weighted by molar-refractivity contribution is 6.33. The van der Waals surface area contributed by atoms with Gasteiger partial charge in [-0.2, -0.15) is 13.2 Å². The van der Waals surface area contributed by atoms with E-state index < -0.39 is 33.2 Å². The van der Waals surface area contributed by atoms with Gasteiger partial charge in [0.2, 0.25) is 11.6 Å². The Hall–Kier alpha value is -3.54. The van der Waals surface area contributed by atoms with E-state index in [0.29, 0.717) is 18.0 Å². The van der Waals surface area contributed by atoms with E-state index in [4.69, 9.17) is 11.6 Å². The molecule has 150 valence electrons. The van der Waals surface area contributed by atoms with Crippen molar-refractivity contribution in [1.82, 2.24) is 15.0 Å². The van der Waals surface area contributed by atoms with Crippen molar-refractivity contribution in [3.8, 4) is 0 Å². The van der Waals surface area contributed by atoms with Crippen LogP contribution in [0.15, 0.2) is 42.9 Å². The van der Waals surface area contributed by atoms with Crippen molar-refractivity contribution < 1.29 is 22.5 Å². The first-order chi connectivity index (χ1) is 13.6. The van der Waals surface area contributed by atoms with Crippen molar-refractivity contribution in [1.29, 1.82) is 0 Å². The molecule has 0 aliphatic rings. The lowest BCUT2D eigenvalue weighted by Crippen LogP contribution is -2.08. The molecular weight excluding hydrogens is 420 g/mol. The van der Waals surface area contributed by atoms with E-state index in [2.05, 4.69) is 25.6 Å². The summed E-state index contributed by atoms with van der Waals surface area (Å²) in [5.74, 6) is -1.36. The lowest BCUT2D eigenvalue weighted by molar-refractivity contribution is -0.383. The lowest BCUT2D eigenvalue weighted by Gasteiger charge is -2.12. The Morgan fingerprint density at radius 1 is 1.00 bits per heavy atom. The quantitative estimate of drug-likeness (QED) is 0.331. The molecule has 0 radical (unpaired) electrons. The van der Waals surface area contributed by atoms with Crippen LogP contribution in [0.3, 0.4) is 0 Å². The van der Waals surface area contributed by atoms with Crippen molar-refractivity contribution in [2.45, 2.75) is 6.18 Å². The van der Waals surface area contributed by atoms with Crippen LogP contribution in [0.2, 0.25) is 5.02 Å². The molecule has 0 fully saturated rings. The van der Waals surface area contributed by atoms with Crippen LogP contribution < -0.4 is 10.6 Å². The number of aromatic nitrogens is 3. The second-order valence-electron chi connectivity index (χ2n) is 5.49. The highest BCUT2D eigenvalue weighted by Crippen LogP contribution is 2.36. The van der Waals surface area contributed by atoms with Crippen LogP contribution in [-0.2, 0) is 6.18 Å². The van der Waals surface area contributed by atoms with Crippen LogP contribution in [-0.4, -0.2) is 19.9 Å². The van der Waals surface area contributed by atoms with E-state index in [1.165, 1.54) is 12.1 Å². The number of pyridine rings is 1. The number of hydrogen-bond acceptors (Lipinski definition) is 7. The number of nitrogens with one attached hydrogen (secondary N) is 2. The molecule has 13 heteroatoms. The standard InChI is InChI=1S/C16H9ClF4N6O2/c17-11-5-8(16(19,20)21)6-22-13(11)26-15-12(27(28)29)14(23-7-24-15)25-10-3-1-9(18)2-4-10/h1-7H,(H2,22,23,24,25,26). The minimum atomic E-state index is -4.65. The van der Waals surface area contributed by atoms with Gasteiger partial charge in [0.15, 0.2) is 5.82 Å². The molecule has 0 atom stereocenters. The summed E-state index contributed by atoms with van der Waals surface area (Å²) in [6.45, 7) is 0. The highest BCUT2D eigenvalue weighted by atomic mass is 35.5. The number of hydrogen-bond donors (Lipinski definition) is 2. The van der Waals surface area contributed by atoms with Gasteiger partial charge in [-0.1, -0.05) is 11.6 Å². The Bertz CT molecular complexity index is 1060. The van der Waals surface area contributed by atoms with E-state index in [-0.39, 0.29) is 17.5 Å². The number of alkyl halides is 3. The van der Waals surface area contributed by atoms with Gasteiger partial charge >= 0.3 is 11.9 Å². The van der Waals surface area contributed by atoms with Gasteiger partial charge in [-0.05, 0) is 30.3 Å². The van der Waals surface area contributed by atoms with Crippen molar-refractivity contribution in [2.75, 3.05) is 10.6 Å². The minimum Gasteiger partial charge on any atom is -0.334 e. The first-order valence-electron chi connectivity index (χ1n) is 7.67. The largest absolute Gasteiger partial charge is 0.417 e. The summed E-state index contributed by atoms with van der Waals surface area (Å²) in [6, 6.07) is 5.58. The molecule has 0 amide bonds. The summed E-state index contributed by atoms with van der Waals surface area (Å²) in [5.41, 5.74) is -1.39. The Morgan fingerprint density at radius 3 is 2.17 bits per heavy atom. The van der Waals surface area contributed by atoms with Crippen molar-refractivity contribution in [3.63, 3.8) is 0 Å². The zero-order valence-electron chi connectivity index (χ0n) is 14.0. The summed E-state index contributed by atoms with van der Waals surface area (Å²) in [4.78, 5) is 21.8. The summed E-state index contributed by atoms with van der Waals surface area (Å²) >= 11 is 5.81. The molecular formula is C16H9ClF4N6O2. The number of halogens is 5. The molecule has 2 aromatic heterocycles. The number of anilines is 4. The molecule has 29 heavy (non-hydrogen) atoms. The molecule has 0 saturated heterocycles. The van der Waals surface area contributed by atoms with Crippen LogP contribution in [0, 0.1) is 15.9 Å². The second kappa shape index (κ2) is 7.83. The number of rotatable bonds is 5. The maximum Gasteiger partial charge on any atom is 0.417 e. The maximum absolute atomic E-state index is 13.0. The fourth-order valence-corrected chi connectivity index (χ4v) is 2.42. The van der Waals surface area contributed by atoms with Gasteiger partial charge in [-0.15, -0.1) is 0 Å². The van der Waals surface area contributed by atoms with Crippen LogP contribution >= 0.6 is 11.6 Å². The van der Waals surface area contributed by atoms with Crippen LogP contribution in [0.1, 0.15) is 5.56 Å². The summed E-state index contributed by atoms with van der Waals surface area (Å²) < 4.78 is 51.2. The van der Waals surface area contributed by atoms with Gasteiger partial charge in [0.25, 0.3) is 0 Å². The summed E-state index contributed by atoms with van der Waals surface area (Å²) in [5, 5.41) is 16.2. The van der Waals surface area contributed by atoms with Crippen LogP contribution in [0.4, 0.5) is 46.4 Å². The van der Waals surface area contributed by atoms with Crippen molar-refractivity contribution >= 4 is 40.4 Å². The predicted octanol–water partition coefficient (Wildman–Crippen LogP) is 5.08. The third-order valence-electron chi connectivity index (χ3n) is 3.52. The van der Waals surface area contributed by atoms with E-state index >= 15 is 0 Å². The van der Waals surface area contributed by atoms with Gasteiger partial charge < -0.3 is 10.6 Å². The predicted molar refractivity (Wildman–Crippen MR) is 95.9 cm³/mol. The number of nitro groups is 1. The van der Waals surface area contributed by atoms with Gasteiger partial charge in [-0.3, -0.25) is 10.1 Å². The summed E-state index contributed by atoms with van der Waals surface area (Å²) in [7, 11) is 0. The summed E-state index contributed by atoms with van der Waals surface area (Å²) in [6.07, 6.45) is -3.14. The van der Waals surface area contributed by atoms with Crippen molar-refractivity contribution in [3.05, 3.63) is 69.4 Å². The molecule has 2 N–H and O–H groups in total. The average Bonchev–Trinajstić information content (AvgIpc) is 2.64. The van der Waals surface area contributed by atoms with Crippen LogP contribution in [0.25, 0.3) is 0 Å². The van der Waals surface area contributed by atoms with Gasteiger partial charge in [0.1, 0.15) is 12.1 Å². The fraction of sp³-hybridized carbons (Fsp3) is 0.0625. The van der Waals surface area contributed by atoms with E-state index in [0.717, 1.165) is 18.5 Å². The van der Waals surface area contributed by atoms with Crippen molar-refractivity contribution in [2.24, 2.45) is 0 Å². The molecule has 0 unspecified atom stereocenters. The lowest BCUT2D eigenvalue weighted by atomic mass is 10.2. The highest BCUT2D eigenvalue weighted by Gasteiger charge is 2.32.